The van der Waals surface area contributed by atoms with Crippen LogP contribution in [0, 0.1) is 0 Å². The zero-order chi connectivity index (χ0) is 16.5. The molecule has 2 aromatic carbocycles. The fraction of sp³-hybridized carbons (Fsp3) is 0.222. The zero-order valence-corrected chi connectivity index (χ0v) is 13.0. The van der Waals surface area contributed by atoms with Crippen molar-refractivity contribution in [1.29, 1.82) is 0 Å². The molecule has 0 spiro atoms. The van der Waals surface area contributed by atoms with Crippen molar-refractivity contribution in [3.63, 3.8) is 0 Å². The summed E-state index contributed by atoms with van der Waals surface area (Å²) in [7, 11) is 0. The molecule has 0 aliphatic carbocycles. The Kier molecular flexibility index (Phi) is 6.17. The van der Waals surface area contributed by atoms with Crippen molar-refractivity contribution in [2.24, 2.45) is 0 Å². The molecule has 0 saturated carbocycles. The van der Waals surface area contributed by atoms with Crippen LogP contribution in [0.15, 0.2) is 54.6 Å². The Labute approximate surface area is 135 Å². The van der Waals surface area contributed by atoms with Crippen molar-refractivity contribution >= 4 is 17.7 Å². The van der Waals surface area contributed by atoms with Gasteiger partial charge in [0.15, 0.2) is 0 Å². The Bertz CT molecular complexity index is 638. The molecule has 5 nitrogen and oxygen atoms in total. The standard InChI is InChI=1S/C18H19NO4/c1-2-12-22-17(20)15-8-10-16(11-9-15)19-18(21)23-13-14-6-4-3-5-7-14/h3-11H,2,12-13H2,1H3,(H,19,21). The SMILES string of the molecule is CCCOC(=O)c1ccc(NC(=O)OCc2ccccc2)cc1. The van der Waals surface area contributed by atoms with Gasteiger partial charge in [-0.3, -0.25) is 5.32 Å². The maximum Gasteiger partial charge on any atom is 0.411 e. The molecule has 0 saturated heterocycles. The molecule has 0 unspecified atom stereocenters. The van der Waals surface area contributed by atoms with Gasteiger partial charge in [-0.1, -0.05) is 37.3 Å². The van der Waals surface area contributed by atoms with Crippen LogP contribution in [0.1, 0.15) is 29.3 Å². The predicted molar refractivity (Wildman–Crippen MR) is 87.3 cm³/mol. The molecule has 5 heteroatoms. The first-order valence-corrected chi connectivity index (χ1v) is 7.44. The zero-order valence-electron chi connectivity index (χ0n) is 13.0. The molecular weight excluding hydrogens is 294 g/mol. The van der Waals surface area contributed by atoms with Crippen LogP contribution in [-0.2, 0) is 16.1 Å². The average molecular weight is 313 g/mol. The van der Waals surface area contributed by atoms with Crippen LogP contribution in [0.3, 0.4) is 0 Å². The van der Waals surface area contributed by atoms with E-state index < -0.39 is 6.09 Å². The Hall–Kier alpha value is -2.82. The number of amides is 1. The molecule has 2 rings (SSSR count). The number of carbonyl (C=O) groups excluding carboxylic acids is 2. The van der Waals surface area contributed by atoms with Crippen molar-refractivity contribution in [1.82, 2.24) is 0 Å². The smallest absolute Gasteiger partial charge is 0.411 e. The van der Waals surface area contributed by atoms with Gasteiger partial charge in [0.1, 0.15) is 6.61 Å². The van der Waals surface area contributed by atoms with Crippen LogP contribution in [0.4, 0.5) is 10.5 Å². The molecular formula is C18H19NO4. The summed E-state index contributed by atoms with van der Waals surface area (Å²) < 4.78 is 10.2. The molecule has 0 radical (unpaired) electrons. The van der Waals surface area contributed by atoms with Gasteiger partial charge in [0.25, 0.3) is 0 Å². The van der Waals surface area contributed by atoms with Gasteiger partial charge in [-0.2, -0.15) is 0 Å². The predicted octanol–water partition coefficient (Wildman–Crippen LogP) is 4.00. The van der Waals surface area contributed by atoms with Gasteiger partial charge in [-0.05, 0) is 36.2 Å². The minimum Gasteiger partial charge on any atom is -0.462 e. The molecule has 2 aromatic rings. The third-order valence-corrected chi connectivity index (χ3v) is 3.02. The highest BCUT2D eigenvalue weighted by molar-refractivity contribution is 5.91. The van der Waals surface area contributed by atoms with Gasteiger partial charge in [0, 0.05) is 5.69 Å². The summed E-state index contributed by atoms with van der Waals surface area (Å²) in [5, 5.41) is 2.61. The van der Waals surface area contributed by atoms with Crippen molar-refractivity contribution < 1.29 is 19.1 Å². The van der Waals surface area contributed by atoms with Crippen LogP contribution < -0.4 is 5.32 Å². The monoisotopic (exact) mass is 313 g/mol. The quantitative estimate of drug-likeness (QED) is 0.819. The minimum absolute atomic E-state index is 0.202. The molecule has 1 N–H and O–H groups in total. The molecule has 120 valence electrons. The van der Waals surface area contributed by atoms with Gasteiger partial charge in [-0.25, -0.2) is 9.59 Å². The molecule has 0 fully saturated rings. The van der Waals surface area contributed by atoms with E-state index in [1.807, 2.05) is 37.3 Å². The van der Waals surface area contributed by atoms with Crippen molar-refractivity contribution in [3.8, 4) is 0 Å². The second-order valence-corrected chi connectivity index (χ2v) is 4.90. The Morgan fingerprint density at radius 1 is 0.957 bits per heavy atom. The van der Waals surface area contributed by atoms with Gasteiger partial charge in [0.05, 0.1) is 12.2 Å². The third kappa shape index (κ3) is 5.47. The lowest BCUT2D eigenvalue weighted by molar-refractivity contribution is 0.0505. The van der Waals surface area contributed by atoms with Gasteiger partial charge >= 0.3 is 12.1 Å². The fourth-order valence-electron chi connectivity index (χ4n) is 1.84. The van der Waals surface area contributed by atoms with Crippen molar-refractivity contribution in [2.45, 2.75) is 20.0 Å². The second kappa shape index (κ2) is 8.58. The number of benzene rings is 2. The molecule has 0 aliphatic heterocycles. The number of hydrogen-bond acceptors (Lipinski definition) is 4. The summed E-state index contributed by atoms with van der Waals surface area (Å²) in [6.07, 6.45) is 0.230. The van der Waals surface area contributed by atoms with Crippen molar-refractivity contribution in [2.75, 3.05) is 11.9 Å². The number of nitrogens with one attached hydrogen (secondary N) is 1. The van der Waals surface area contributed by atoms with E-state index >= 15 is 0 Å². The fourth-order valence-corrected chi connectivity index (χ4v) is 1.84. The summed E-state index contributed by atoms with van der Waals surface area (Å²) in [5.41, 5.74) is 1.91. The molecule has 1 amide bonds. The number of anilines is 1. The number of esters is 1. The van der Waals surface area contributed by atoms with E-state index in [-0.39, 0.29) is 12.6 Å². The first-order valence-electron chi connectivity index (χ1n) is 7.44. The van der Waals surface area contributed by atoms with E-state index in [0.29, 0.717) is 17.9 Å². The maximum absolute atomic E-state index is 11.7. The van der Waals surface area contributed by atoms with Crippen LogP contribution >= 0.6 is 0 Å². The highest BCUT2D eigenvalue weighted by Gasteiger charge is 2.08. The molecule has 0 bridgehead atoms. The summed E-state index contributed by atoms with van der Waals surface area (Å²) in [6.45, 7) is 2.53. The lowest BCUT2D eigenvalue weighted by Gasteiger charge is -2.08. The van der Waals surface area contributed by atoms with Crippen molar-refractivity contribution in [3.05, 3.63) is 65.7 Å². The number of hydrogen-bond donors (Lipinski definition) is 1. The van der Waals surface area contributed by atoms with Gasteiger partial charge in [-0.15, -0.1) is 0 Å². The van der Waals surface area contributed by atoms with Crippen LogP contribution in [-0.4, -0.2) is 18.7 Å². The highest BCUT2D eigenvalue weighted by Crippen LogP contribution is 2.11. The summed E-state index contributed by atoms with van der Waals surface area (Å²) in [4.78, 5) is 23.4. The van der Waals surface area contributed by atoms with Gasteiger partial charge in [0.2, 0.25) is 0 Å². The molecule has 23 heavy (non-hydrogen) atoms. The van der Waals surface area contributed by atoms with Crippen LogP contribution in [0.2, 0.25) is 0 Å². The number of ether oxygens (including phenoxy) is 2. The van der Waals surface area contributed by atoms with Crippen LogP contribution in [0.25, 0.3) is 0 Å². The van der Waals surface area contributed by atoms with Crippen LogP contribution in [0.5, 0.6) is 0 Å². The third-order valence-electron chi connectivity index (χ3n) is 3.02. The Morgan fingerprint density at radius 3 is 2.30 bits per heavy atom. The Morgan fingerprint density at radius 2 is 1.65 bits per heavy atom. The molecule has 0 aliphatic rings. The summed E-state index contributed by atoms with van der Waals surface area (Å²) in [5.74, 6) is -0.370. The van der Waals surface area contributed by atoms with E-state index in [1.54, 1.807) is 24.3 Å². The average Bonchev–Trinajstić information content (AvgIpc) is 2.59. The van der Waals surface area contributed by atoms with E-state index in [4.69, 9.17) is 9.47 Å². The lowest BCUT2D eigenvalue weighted by Crippen LogP contribution is -2.13. The molecule has 0 atom stereocenters. The van der Waals surface area contributed by atoms with E-state index in [1.165, 1.54) is 0 Å². The summed E-state index contributed by atoms with van der Waals surface area (Å²) in [6, 6.07) is 15.9. The van der Waals surface area contributed by atoms with E-state index in [0.717, 1.165) is 12.0 Å². The number of rotatable bonds is 6. The highest BCUT2D eigenvalue weighted by atomic mass is 16.5. The second-order valence-electron chi connectivity index (χ2n) is 4.90. The molecule has 0 heterocycles. The maximum atomic E-state index is 11.7. The lowest BCUT2D eigenvalue weighted by atomic mass is 10.2. The topological polar surface area (TPSA) is 64.6 Å². The largest absolute Gasteiger partial charge is 0.462 e. The minimum atomic E-state index is -0.546. The first-order chi connectivity index (χ1) is 11.2. The van der Waals surface area contributed by atoms with E-state index in [9.17, 15) is 9.59 Å². The number of carbonyl (C=O) groups is 2. The summed E-state index contributed by atoms with van der Waals surface area (Å²) >= 11 is 0. The van der Waals surface area contributed by atoms with E-state index in [2.05, 4.69) is 5.32 Å². The first kappa shape index (κ1) is 16.5. The van der Waals surface area contributed by atoms with Gasteiger partial charge < -0.3 is 9.47 Å². The molecule has 0 aromatic heterocycles. The normalized spacial score (nSPS) is 9.96. The Balaban J connectivity index is 1.83.